The van der Waals surface area contributed by atoms with Gasteiger partial charge in [0, 0.05) is 6.20 Å². The second kappa shape index (κ2) is 7.97. The molecule has 0 aliphatic carbocycles. The minimum absolute atomic E-state index is 0.229. The van der Waals surface area contributed by atoms with Gasteiger partial charge in [-0.3, -0.25) is 4.79 Å². The number of aromatic nitrogens is 6. The van der Waals surface area contributed by atoms with Gasteiger partial charge in [-0.1, -0.05) is 91.0 Å². The van der Waals surface area contributed by atoms with Crippen molar-refractivity contribution in [3.8, 4) is 11.4 Å². The summed E-state index contributed by atoms with van der Waals surface area (Å²) in [7, 11) is 0. The zero-order valence-corrected chi connectivity index (χ0v) is 18.1. The molecule has 0 unspecified atom stereocenters. The predicted octanol–water partition coefficient (Wildman–Crippen LogP) is 4.12. The summed E-state index contributed by atoms with van der Waals surface area (Å²) in [6.07, 6.45) is 6.80. The van der Waals surface area contributed by atoms with Gasteiger partial charge in [0.2, 0.25) is 5.65 Å². The van der Waals surface area contributed by atoms with Gasteiger partial charge in [0.25, 0.3) is 5.56 Å². The van der Waals surface area contributed by atoms with E-state index in [9.17, 15) is 4.79 Å². The van der Waals surface area contributed by atoms with Crippen LogP contribution in [0.25, 0.3) is 17.0 Å². The van der Waals surface area contributed by atoms with Crippen molar-refractivity contribution in [2.45, 2.75) is 5.54 Å². The Balaban J connectivity index is 1.64. The minimum Gasteiger partial charge on any atom is -0.318 e. The number of aromatic amines is 1. The smallest absolute Gasteiger partial charge is 0.294 e. The largest absolute Gasteiger partial charge is 0.318 e. The van der Waals surface area contributed by atoms with Gasteiger partial charge in [-0.2, -0.15) is 5.10 Å². The lowest BCUT2D eigenvalue weighted by Crippen LogP contribution is -2.36. The molecule has 0 bridgehead atoms. The number of H-pyrrole nitrogens is 1. The van der Waals surface area contributed by atoms with E-state index in [2.05, 4.69) is 92.4 Å². The number of rotatable bonds is 5. The highest BCUT2D eigenvalue weighted by molar-refractivity contribution is 5.59. The molecule has 7 heteroatoms. The molecule has 0 saturated carbocycles. The van der Waals surface area contributed by atoms with Gasteiger partial charge in [0.05, 0.1) is 12.5 Å². The maximum Gasteiger partial charge on any atom is 0.294 e. The fourth-order valence-corrected chi connectivity index (χ4v) is 4.63. The van der Waals surface area contributed by atoms with Crippen molar-refractivity contribution < 1.29 is 0 Å². The first-order valence-electron chi connectivity index (χ1n) is 10.9. The Morgan fingerprint density at radius 2 is 1.29 bits per heavy atom. The molecule has 0 atom stereocenters. The molecule has 0 fully saturated rings. The zero-order valence-electron chi connectivity index (χ0n) is 18.1. The molecule has 6 aromatic rings. The first-order chi connectivity index (χ1) is 16.8. The molecule has 3 heterocycles. The molecule has 34 heavy (non-hydrogen) atoms. The molecule has 0 saturated heterocycles. The van der Waals surface area contributed by atoms with Gasteiger partial charge >= 0.3 is 0 Å². The Kier molecular flexibility index (Phi) is 4.66. The molecular formula is C27H20N6O. The van der Waals surface area contributed by atoms with Crippen LogP contribution in [0.2, 0.25) is 0 Å². The molecular weight excluding hydrogens is 424 g/mol. The molecule has 164 valence electrons. The summed E-state index contributed by atoms with van der Waals surface area (Å²) in [6.45, 7) is 0. The zero-order chi connectivity index (χ0) is 23.0. The van der Waals surface area contributed by atoms with E-state index in [4.69, 9.17) is 4.98 Å². The van der Waals surface area contributed by atoms with Crippen molar-refractivity contribution in [3.63, 3.8) is 0 Å². The van der Waals surface area contributed by atoms with Crippen molar-refractivity contribution in [1.29, 1.82) is 0 Å². The van der Waals surface area contributed by atoms with E-state index in [1.54, 1.807) is 6.20 Å². The third-order valence-electron chi connectivity index (χ3n) is 6.12. The SMILES string of the molecule is O=c1[nH]cnn2c(-c3cn(C(c4ccccc4)(c4ccccc4)c4ccccc4)cn3)cnc12. The second-order valence-electron chi connectivity index (χ2n) is 7.97. The number of imidazole rings is 2. The average molecular weight is 444 g/mol. The van der Waals surface area contributed by atoms with Gasteiger partial charge in [-0.05, 0) is 16.7 Å². The first kappa shape index (κ1) is 19.9. The van der Waals surface area contributed by atoms with E-state index in [1.165, 1.54) is 10.8 Å². The normalized spacial score (nSPS) is 11.6. The van der Waals surface area contributed by atoms with E-state index in [0.29, 0.717) is 11.4 Å². The van der Waals surface area contributed by atoms with Crippen LogP contribution < -0.4 is 5.56 Å². The van der Waals surface area contributed by atoms with Crippen LogP contribution in [0.1, 0.15) is 16.7 Å². The summed E-state index contributed by atoms with van der Waals surface area (Å²) >= 11 is 0. The van der Waals surface area contributed by atoms with E-state index < -0.39 is 5.54 Å². The Labute approximate surface area is 195 Å². The first-order valence-corrected chi connectivity index (χ1v) is 10.9. The average Bonchev–Trinajstić information content (AvgIpc) is 3.55. The number of fused-ring (bicyclic) bond motifs is 1. The molecule has 0 aliphatic heterocycles. The number of nitrogens with zero attached hydrogens (tertiary/aromatic N) is 5. The summed E-state index contributed by atoms with van der Waals surface area (Å²) in [4.78, 5) is 23.7. The van der Waals surface area contributed by atoms with Gasteiger partial charge < -0.3 is 9.55 Å². The topological polar surface area (TPSA) is 80.9 Å². The number of hydrogen-bond acceptors (Lipinski definition) is 4. The lowest BCUT2D eigenvalue weighted by Gasteiger charge is -2.37. The Morgan fingerprint density at radius 1 is 0.735 bits per heavy atom. The molecule has 3 aromatic carbocycles. The molecule has 7 nitrogen and oxygen atoms in total. The third kappa shape index (κ3) is 2.98. The quantitative estimate of drug-likeness (QED) is 0.406. The van der Waals surface area contributed by atoms with Crippen molar-refractivity contribution >= 4 is 5.65 Å². The molecule has 0 spiro atoms. The number of hydrogen-bond donors (Lipinski definition) is 1. The lowest BCUT2D eigenvalue weighted by atomic mass is 9.77. The molecule has 0 amide bonds. The lowest BCUT2D eigenvalue weighted by molar-refractivity contribution is 0.515. The number of nitrogens with one attached hydrogen (secondary N) is 1. The van der Waals surface area contributed by atoms with Gasteiger partial charge in [0.1, 0.15) is 23.3 Å². The molecule has 0 radical (unpaired) electrons. The Hall–Kier alpha value is -4.78. The van der Waals surface area contributed by atoms with Crippen LogP contribution in [0, 0.1) is 0 Å². The van der Waals surface area contributed by atoms with Crippen LogP contribution in [-0.4, -0.2) is 29.1 Å². The van der Waals surface area contributed by atoms with Crippen molar-refractivity contribution in [1.82, 2.24) is 29.1 Å². The van der Waals surface area contributed by atoms with Crippen LogP contribution in [0.3, 0.4) is 0 Å². The number of benzene rings is 3. The molecule has 1 N–H and O–H groups in total. The van der Waals surface area contributed by atoms with Gasteiger partial charge in [-0.25, -0.2) is 14.5 Å². The highest BCUT2D eigenvalue weighted by Crippen LogP contribution is 2.41. The fourth-order valence-electron chi connectivity index (χ4n) is 4.63. The monoisotopic (exact) mass is 444 g/mol. The summed E-state index contributed by atoms with van der Waals surface area (Å²) in [6, 6.07) is 31.2. The molecule has 6 rings (SSSR count). The Bertz CT molecular complexity index is 1520. The maximum absolute atomic E-state index is 12.1. The maximum atomic E-state index is 12.1. The summed E-state index contributed by atoms with van der Waals surface area (Å²) in [5.41, 5.74) is 3.87. The second-order valence-corrected chi connectivity index (χ2v) is 7.97. The molecule has 3 aromatic heterocycles. The fraction of sp³-hybridized carbons (Fsp3) is 0.0370. The highest BCUT2D eigenvalue weighted by Gasteiger charge is 2.38. The standard InChI is InChI=1S/C27H20N6O/c34-26-25-28-16-24(33(25)31-18-29-26)23-17-32(19-30-23)27(20-10-4-1-5-11-20,21-12-6-2-7-13-21)22-14-8-3-9-15-22/h1-19H,(H,29,31,34). The van der Waals surface area contributed by atoms with E-state index in [1.807, 2.05) is 30.7 Å². The van der Waals surface area contributed by atoms with Crippen LogP contribution in [0.4, 0.5) is 0 Å². The predicted molar refractivity (Wildman–Crippen MR) is 129 cm³/mol. The highest BCUT2D eigenvalue weighted by atomic mass is 16.1. The van der Waals surface area contributed by atoms with Crippen LogP contribution in [0.15, 0.2) is 121 Å². The minimum atomic E-state index is -0.666. The molecule has 0 aliphatic rings. The van der Waals surface area contributed by atoms with Crippen LogP contribution >= 0.6 is 0 Å². The van der Waals surface area contributed by atoms with E-state index in [-0.39, 0.29) is 11.2 Å². The van der Waals surface area contributed by atoms with Crippen molar-refractivity contribution in [3.05, 3.63) is 143 Å². The van der Waals surface area contributed by atoms with Crippen LogP contribution in [0.5, 0.6) is 0 Å². The van der Waals surface area contributed by atoms with Crippen molar-refractivity contribution in [2.75, 3.05) is 0 Å². The van der Waals surface area contributed by atoms with Gasteiger partial charge in [-0.15, -0.1) is 0 Å². The Morgan fingerprint density at radius 3 is 1.85 bits per heavy atom. The third-order valence-corrected chi connectivity index (χ3v) is 6.12. The van der Waals surface area contributed by atoms with E-state index >= 15 is 0 Å². The van der Waals surface area contributed by atoms with Crippen molar-refractivity contribution in [2.24, 2.45) is 0 Å². The van der Waals surface area contributed by atoms with Crippen LogP contribution in [-0.2, 0) is 5.54 Å². The van der Waals surface area contributed by atoms with E-state index in [0.717, 1.165) is 16.7 Å². The summed E-state index contributed by atoms with van der Waals surface area (Å²) in [5.74, 6) is 0. The summed E-state index contributed by atoms with van der Waals surface area (Å²) in [5, 5.41) is 4.27. The summed E-state index contributed by atoms with van der Waals surface area (Å²) < 4.78 is 3.63. The van der Waals surface area contributed by atoms with Gasteiger partial charge in [0.15, 0.2) is 0 Å².